The smallest absolute Gasteiger partial charge is 0.0353 e. The fourth-order valence-electron chi connectivity index (χ4n) is 4.47. The average Bonchev–Trinajstić information content (AvgIpc) is 2.41. The molecule has 0 spiro atoms. The fraction of sp³-hybridized carbons (Fsp3) is 0.700. The highest BCUT2D eigenvalue weighted by molar-refractivity contribution is 5.40. The van der Waals surface area contributed by atoms with E-state index in [9.17, 15) is 0 Å². The third-order valence-corrected chi connectivity index (χ3v) is 5.87. The molecule has 2 aliphatic rings. The molecule has 1 nitrogen and oxygen atoms in total. The summed E-state index contributed by atoms with van der Waals surface area (Å²) in [5, 5.41) is 0. The molecule has 3 atom stereocenters. The summed E-state index contributed by atoms with van der Waals surface area (Å²) in [6, 6.07) is 5.62. The number of aryl methyl sites for hydroxylation is 2. The van der Waals surface area contributed by atoms with Crippen LogP contribution in [0.1, 0.15) is 61.9 Å². The van der Waals surface area contributed by atoms with Crippen LogP contribution in [0.5, 0.6) is 0 Å². The van der Waals surface area contributed by atoms with Crippen LogP contribution in [-0.4, -0.2) is 18.0 Å². The SMILES string of the molecule is Cc1cc2c(cc1C)[C@H]1CC(C)[C@H](CC(C)C)CN1CC2. The normalized spacial score (nSPS) is 29.3. The van der Waals surface area contributed by atoms with Crippen LogP contribution in [0.25, 0.3) is 0 Å². The van der Waals surface area contributed by atoms with Gasteiger partial charge in [-0.1, -0.05) is 32.9 Å². The van der Waals surface area contributed by atoms with E-state index in [2.05, 4.69) is 51.7 Å². The molecule has 1 unspecified atom stereocenters. The van der Waals surface area contributed by atoms with Gasteiger partial charge >= 0.3 is 0 Å². The van der Waals surface area contributed by atoms with Crippen molar-refractivity contribution in [2.45, 2.75) is 59.9 Å². The molecule has 21 heavy (non-hydrogen) atoms. The Morgan fingerprint density at radius 3 is 2.62 bits per heavy atom. The molecule has 1 heteroatoms. The summed E-state index contributed by atoms with van der Waals surface area (Å²) in [4.78, 5) is 2.78. The maximum Gasteiger partial charge on any atom is 0.0353 e. The zero-order valence-corrected chi connectivity index (χ0v) is 14.4. The Balaban J connectivity index is 1.85. The van der Waals surface area contributed by atoms with Crippen molar-refractivity contribution in [2.75, 3.05) is 13.1 Å². The third-order valence-electron chi connectivity index (χ3n) is 5.87. The molecule has 116 valence electrons. The first kappa shape index (κ1) is 15.1. The van der Waals surface area contributed by atoms with Crippen LogP contribution < -0.4 is 0 Å². The molecule has 1 fully saturated rings. The molecule has 1 aromatic rings. The number of nitrogens with zero attached hydrogens (tertiary/aromatic N) is 1. The van der Waals surface area contributed by atoms with Crippen LogP contribution in [0.2, 0.25) is 0 Å². The maximum absolute atomic E-state index is 2.78. The van der Waals surface area contributed by atoms with E-state index in [-0.39, 0.29) is 0 Å². The van der Waals surface area contributed by atoms with Gasteiger partial charge in [0.15, 0.2) is 0 Å². The number of rotatable bonds is 2. The molecule has 0 bridgehead atoms. The van der Waals surface area contributed by atoms with Gasteiger partial charge in [0.1, 0.15) is 0 Å². The van der Waals surface area contributed by atoms with Gasteiger partial charge in [0.05, 0.1) is 0 Å². The summed E-state index contributed by atoms with van der Waals surface area (Å²) in [7, 11) is 0. The predicted octanol–water partition coefficient (Wildman–Crippen LogP) is 4.90. The summed E-state index contributed by atoms with van der Waals surface area (Å²) < 4.78 is 0. The van der Waals surface area contributed by atoms with Crippen molar-refractivity contribution >= 4 is 0 Å². The minimum Gasteiger partial charge on any atom is -0.296 e. The van der Waals surface area contributed by atoms with Crippen LogP contribution in [0.4, 0.5) is 0 Å². The quantitative estimate of drug-likeness (QED) is 0.746. The molecule has 2 aliphatic heterocycles. The van der Waals surface area contributed by atoms with Crippen molar-refractivity contribution in [1.82, 2.24) is 4.90 Å². The van der Waals surface area contributed by atoms with E-state index in [0.717, 1.165) is 17.8 Å². The van der Waals surface area contributed by atoms with E-state index in [0.29, 0.717) is 6.04 Å². The molecule has 0 saturated carbocycles. The van der Waals surface area contributed by atoms with Gasteiger partial charge in [-0.15, -0.1) is 0 Å². The van der Waals surface area contributed by atoms with E-state index >= 15 is 0 Å². The van der Waals surface area contributed by atoms with Crippen LogP contribution in [0.3, 0.4) is 0 Å². The molecule has 0 N–H and O–H groups in total. The number of hydrogen-bond donors (Lipinski definition) is 0. The molecular weight excluding hydrogens is 254 g/mol. The van der Waals surface area contributed by atoms with Gasteiger partial charge in [-0.05, 0) is 73.1 Å². The monoisotopic (exact) mass is 285 g/mol. The number of fused-ring (bicyclic) bond motifs is 3. The second kappa shape index (κ2) is 5.76. The Bertz CT molecular complexity index is 517. The second-order valence-electron chi connectivity index (χ2n) is 8.00. The zero-order chi connectivity index (χ0) is 15.1. The Morgan fingerprint density at radius 2 is 1.90 bits per heavy atom. The third kappa shape index (κ3) is 2.90. The molecule has 1 saturated heterocycles. The minimum absolute atomic E-state index is 0.687. The molecular formula is C20H31N. The van der Waals surface area contributed by atoms with Crippen molar-refractivity contribution < 1.29 is 0 Å². The molecule has 0 radical (unpaired) electrons. The molecule has 0 amide bonds. The Morgan fingerprint density at radius 1 is 1.19 bits per heavy atom. The first-order chi connectivity index (χ1) is 9.95. The summed E-state index contributed by atoms with van der Waals surface area (Å²) in [5.74, 6) is 2.59. The first-order valence-electron chi connectivity index (χ1n) is 8.79. The minimum atomic E-state index is 0.687. The average molecular weight is 285 g/mol. The van der Waals surface area contributed by atoms with E-state index in [4.69, 9.17) is 0 Å². The van der Waals surface area contributed by atoms with E-state index in [1.807, 2.05) is 0 Å². The van der Waals surface area contributed by atoms with Crippen LogP contribution in [0, 0.1) is 31.6 Å². The molecule has 1 aromatic carbocycles. The lowest BCUT2D eigenvalue weighted by Crippen LogP contribution is -2.45. The van der Waals surface area contributed by atoms with Crippen molar-refractivity contribution in [2.24, 2.45) is 17.8 Å². The number of hydrogen-bond acceptors (Lipinski definition) is 1. The van der Waals surface area contributed by atoms with Gasteiger partial charge in [-0.3, -0.25) is 4.90 Å². The Kier molecular flexibility index (Phi) is 4.14. The molecule has 3 rings (SSSR count). The van der Waals surface area contributed by atoms with E-state index < -0.39 is 0 Å². The van der Waals surface area contributed by atoms with Gasteiger partial charge in [0.2, 0.25) is 0 Å². The fourth-order valence-corrected chi connectivity index (χ4v) is 4.47. The zero-order valence-electron chi connectivity index (χ0n) is 14.4. The van der Waals surface area contributed by atoms with Crippen LogP contribution in [-0.2, 0) is 6.42 Å². The highest BCUT2D eigenvalue weighted by atomic mass is 15.2. The van der Waals surface area contributed by atoms with Crippen molar-refractivity contribution in [3.05, 3.63) is 34.4 Å². The molecule has 2 heterocycles. The lowest BCUT2D eigenvalue weighted by Gasteiger charge is -2.47. The Labute approximate surface area is 130 Å². The summed E-state index contributed by atoms with van der Waals surface area (Å²) in [6.07, 6.45) is 3.99. The predicted molar refractivity (Wildman–Crippen MR) is 90.7 cm³/mol. The Hall–Kier alpha value is -0.820. The maximum atomic E-state index is 2.78. The molecule has 0 aromatic heterocycles. The lowest BCUT2D eigenvalue weighted by atomic mass is 9.74. The highest BCUT2D eigenvalue weighted by Crippen LogP contribution is 2.43. The van der Waals surface area contributed by atoms with Gasteiger partial charge in [0.25, 0.3) is 0 Å². The van der Waals surface area contributed by atoms with Crippen LogP contribution in [0.15, 0.2) is 12.1 Å². The topological polar surface area (TPSA) is 3.24 Å². The van der Waals surface area contributed by atoms with Crippen molar-refractivity contribution in [1.29, 1.82) is 0 Å². The number of benzene rings is 1. The van der Waals surface area contributed by atoms with E-state index in [1.165, 1.54) is 43.5 Å². The lowest BCUT2D eigenvalue weighted by molar-refractivity contribution is 0.0517. The second-order valence-corrected chi connectivity index (χ2v) is 8.00. The van der Waals surface area contributed by atoms with Gasteiger partial charge < -0.3 is 0 Å². The standard InChI is InChI=1S/C20H31N/c1-13(2)8-18-12-21-7-6-17-9-14(3)15(4)10-19(17)20(21)11-16(18)5/h9-10,13,16,18,20H,6-8,11-12H2,1-5H3/t16?,18-,20-/m1/s1. The highest BCUT2D eigenvalue weighted by Gasteiger charge is 2.37. The van der Waals surface area contributed by atoms with E-state index in [1.54, 1.807) is 11.1 Å². The molecule has 0 aliphatic carbocycles. The van der Waals surface area contributed by atoms with Crippen molar-refractivity contribution in [3.63, 3.8) is 0 Å². The summed E-state index contributed by atoms with van der Waals surface area (Å²) in [6.45, 7) is 14.3. The van der Waals surface area contributed by atoms with Gasteiger partial charge in [-0.2, -0.15) is 0 Å². The van der Waals surface area contributed by atoms with Gasteiger partial charge in [0, 0.05) is 19.1 Å². The largest absolute Gasteiger partial charge is 0.296 e. The van der Waals surface area contributed by atoms with Crippen LogP contribution >= 0.6 is 0 Å². The first-order valence-corrected chi connectivity index (χ1v) is 8.79. The summed E-state index contributed by atoms with van der Waals surface area (Å²) in [5.41, 5.74) is 6.18. The number of piperidine rings is 1. The van der Waals surface area contributed by atoms with Gasteiger partial charge in [-0.25, -0.2) is 0 Å². The van der Waals surface area contributed by atoms with Crippen molar-refractivity contribution in [3.8, 4) is 0 Å². The summed E-state index contributed by atoms with van der Waals surface area (Å²) >= 11 is 0.